The molecule has 3 atom stereocenters. The summed E-state index contributed by atoms with van der Waals surface area (Å²) in [6.45, 7) is 1.26. The molecule has 1 amide bonds. The number of carbonyl (C=O) groups is 2. The molecule has 1 aliphatic carbocycles. The van der Waals surface area contributed by atoms with Crippen LogP contribution in [0.4, 0.5) is 5.69 Å². The van der Waals surface area contributed by atoms with Crippen molar-refractivity contribution in [3.05, 3.63) is 53.7 Å². The maximum atomic E-state index is 13.3. The van der Waals surface area contributed by atoms with E-state index < -0.39 is 38.1 Å². The van der Waals surface area contributed by atoms with E-state index in [1.165, 1.54) is 32.2 Å². The number of amides is 1. The molecule has 10 heteroatoms. The number of benzene rings is 2. The molecule has 2 aromatic carbocycles. The van der Waals surface area contributed by atoms with Gasteiger partial charge in [0.05, 0.1) is 0 Å². The number of phenols is 1. The Labute approximate surface area is 186 Å². The van der Waals surface area contributed by atoms with E-state index in [1.54, 1.807) is 0 Å². The molecule has 1 aliphatic rings. The van der Waals surface area contributed by atoms with Gasteiger partial charge in [-0.2, -0.15) is 0 Å². The number of esters is 1. The van der Waals surface area contributed by atoms with Crippen LogP contribution < -0.4 is 9.67 Å². The topological polar surface area (TPSA) is 138 Å². The Balaban J connectivity index is 1.72. The molecule has 1 aromatic heterocycles. The predicted molar refractivity (Wildman–Crippen MR) is 117 cm³/mol. The number of ether oxygens (including phenoxy) is 1. The third kappa shape index (κ3) is 4.19. The fourth-order valence-corrected chi connectivity index (χ4v) is 6.63. The number of methoxy groups -OCH3 is 1. The number of para-hydroxylation sites is 1. The second-order valence-corrected chi connectivity index (χ2v) is 11.4. The molecule has 3 aromatic rings. The van der Waals surface area contributed by atoms with Gasteiger partial charge in [0, 0.05) is 0 Å². The first-order valence-corrected chi connectivity index (χ1v) is 13.3. The van der Waals surface area contributed by atoms with E-state index in [9.17, 15) is 22.5 Å². The number of H-pyrrole nitrogens is 1. The fraction of sp³-hybridized carbons (Fsp3) is 0.273. The zero-order valence-corrected chi connectivity index (χ0v) is 19.4. The number of aromatic hydroxyl groups is 1. The Morgan fingerprint density at radius 2 is 1.97 bits per heavy atom. The summed E-state index contributed by atoms with van der Waals surface area (Å²) in [5.74, 6) is -1.61. The summed E-state index contributed by atoms with van der Waals surface area (Å²) < 4.78 is 34.8. The van der Waals surface area contributed by atoms with Crippen molar-refractivity contribution in [2.75, 3.05) is 12.4 Å². The van der Waals surface area contributed by atoms with Crippen molar-refractivity contribution >= 4 is 47.0 Å². The second kappa shape index (κ2) is 8.50. The minimum absolute atomic E-state index is 0.0108. The van der Waals surface area contributed by atoms with Crippen LogP contribution in [0.15, 0.2) is 42.5 Å². The van der Waals surface area contributed by atoms with E-state index in [-0.39, 0.29) is 22.2 Å². The Morgan fingerprint density at radius 1 is 1.22 bits per heavy atom. The molecule has 3 unspecified atom stereocenters. The van der Waals surface area contributed by atoms with Crippen molar-refractivity contribution in [2.45, 2.75) is 25.9 Å². The molecular weight excluding hydrogens is 479 g/mol. The minimum atomic E-state index is -5.16. The van der Waals surface area contributed by atoms with E-state index in [2.05, 4.69) is 10.3 Å². The maximum absolute atomic E-state index is 13.3. The molecule has 0 aliphatic heterocycles. The molecule has 0 saturated heterocycles. The summed E-state index contributed by atoms with van der Waals surface area (Å²) in [7, 11) is 1.31. The normalized spacial score (nSPS) is 19.7. The van der Waals surface area contributed by atoms with E-state index in [0.717, 1.165) is 16.5 Å². The molecule has 168 valence electrons. The molecular formula is C22H23AsN2O7. The molecule has 0 saturated carbocycles. The number of fused-ring (bicyclic) bond motifs is 3. The fourth-order valence-electron chi connectivity index (χ4n) is 4.09. The van der Waals surface area contributed by atoms with Gasteiger partial charge in [-0.15, -0.1) is 0 Å². The van der Waals surface area contributed by atoms with Crippen LogP contribution in [-0.4, -0.2) is 47.3 Å². The Hall–Kier alpha value is -3.00. The van der Waals surface area contributed by atoms with Gasteiger partial charge in [-0.25, -0.2) is 0 Å². The van der Waals surface area contributed by atoms with Crippen molar-refractivity contribution in [3.8, 4) is 5.75 Å². The Bertz CT molecular complexity index is 1250. The van der Waals surface area contributed by atoms with Crippen LogP contribution in [0, 0.1) is 5.92 Å². The van der Waals surface area contributed by atoms with E-state index in [4.69, 9.17) is 8.46 Å². The second-order valence-electron chi connectivity index (χ2n) is 7.72. The van der Waals surface area contributed by atoms with Gasteiger partial charge in [-0.3, -0.25) is 0 Å². The number of hydrogen-bond donors (Lipinski definition) is 4. The van der Waals surface area contributed by atoms with Crippen LogP contribution in [-0.2, 0) is 28.2 Å². The van der Waals surface area contributed by atoms with E-state index >= 15 is 0 Å². The number of rotatable bonds is 5. The van der Waals surface area contributed by atoms with Crippen LogP contribution in [0.2, 0.25) is 0 Å². The van der Waals surface area contributed by atoms with Gasteiger partial charge in [0.15, 0.2) is 0 Å². The van der Waals surface area contributed by atoms with Gasteiger partial charge in [-0.05, 0) is 0 Å². The molecule has 4 rings (SSSR count). The molecule has 0 radical (unpaired) electrons. The standard InChI is InChI=1S/C22H23AsN2O7/c1-12(26)24-18-11-14(7-8-19(18)27)23(29,30)32-20-10-13(22(28)31-2)9-16-15-5-3-4-6-17(15)25-21(16)20/h3-8,11,13,20,25,27H,9-10H2,1-2H3,(H,24,26)(H,29,30). The Kier molecular flexibility index (Phi) is 5.90. The van der Waals surface area contributed by atoms with Crippen LogP contribution in [0.5, 0.6) is 5.75 Å². The van der Waals surface area contributed by atoms with Gasteiger partial charge in [0.25, 0.3) is 0 Å². The summed E-state index contributed by atoms with van der Waals surface area (Å²) in [4.78, 5) is 27.0. The van der Waals surface area contributed by atoms with E-state index in [0.29, 0.717) is 12.1 Å². The Morgan fingerprint density at radius 3 is 2.69 bits per heavy atom. The average Bonchev–Trinajstić information content (AvgIpc) is 3.13. The van der Waals surface area contributed by atoms with Crippen molar-refractivity contribution in [3.63, 3.8) is 0 Å². The summed E-state index contributed by atoms with van der Waals surface area (Å²) in [6, 6.07) is 11.3. The van der Waals surface area contributed by atoms with Crippen LogP contribution in [0.3, 0.4) is 0 Å². The number of hydrogen-bond acceptors (Lipinski definition) is 6. The number of phenolic OH excluding ortho intramolecular Hbond substituents is 1. The molecule has 0 fully saturated rings. The molecule has 32 heavy (non-hydrogen) atoms. The quantitative estimate of drug-likeness (QED) is 0.238. The molecule has 0 bridgehead atoms. The van der Waals surface area contributed by atoms with Gasteiger partial charge in [0.1, 0.15) is 0 Å². The summed E-state index contributed by atoms with van der Waals surface area (Å²) in [5, 5.41) is 13.3. The third-order valence-electron chi connectivity index (χ3n) is 5.54. The molecule has 9 nitrogen and oxygen atoms in total. The third-order valence-corrected chi connectivity index (χ3v) is 8.63. The van der Waals surface area contributed by atoms with Gasteiger partial charge in [0.2, 0.25) is 0 Å². The van der Waals surface area contributed by atoms with E-state index in [1.807, 2.05) is 24.3 Å². The number of aromatic nitrogens is 1. The van der Waals surface area contributed by atoms with Crippen molar-refractivity contribution < 1.29 is 31.0 Å². The van der Waals surface area contributed by atoms with Gasteiger partial charge in [-0.1, -0.05) is 0 Å². The first-order valence-electron chi connectivity index (χ1n) is 9.99. The predicted octanol–water partition coefficient (Wildman–Crippen LogP) is 1.89. The molecule has 0 spiro atoms. The number of carbonyl (C=O) groups excluding carboxylic acids is 2. The zero-order valence-electron chi connectivity index (χ0n) is 17.5. The van der Waals surface area contributed by atoms with Crippen LogP contribution in [0.25, 0.3) is 10.9 Å². The molecule has 1 heterocycles. The van der Waals surface area contributed by atoms with Crippen molar-refractivity contribution in [1.29, 1.82) is 0 Å². The monoisotopic (exact) mass is 502 g/mol. The number of anilines is 1. The first-order chi connectivity index (χ1) is 15.2. The summed E-state index contributed by atoms with van der Waals surface area (Å²) in [6.07, 6.45) is -0.238. The van der Waals surface area contributed by atoms with Crippen LogP contribution in [0.1, 0.15) is 30.7 Å². The number of nitrogens with one attached hydrogen (secondary N) is 2. The van der Waals surface area contributed by atoms with Gasteiger partial charge >= 0.3 is 187 Å². The first kappa shape index (κ1) is 22.2. The summed E-state index contributed by atoms with van der Waals surface area (Å²) >= 11 is -5.16. The summed E-state index contributed by atoms with van der Waals surface area (Å²) in [5.41, 5.74) is 2.36. The van der Waals surface area contributed by atoms with Crippen LogP contribution >= 0.6 is 0 Å². The number of aromatic amines is 1. The van der Waals surface area contributed by atoms with Crippen molar-refractivity contribution in [2.24, 2.45) is 5.92 Å². The van der Waals surface area contributed by atoms with Crippen molar-refractivity contribution in [1.82, 2.24) is 4.98 Å². The average molecular weight is 502 g/mol. The SMILES string of the molecule is COC(=O)C1Cc2c([nH]c3ccccc23)C(O[As](=O)(O)c2ccc(O)c(NC(C)=O)c2)C1. The molecule has 4 N–H and O–H groups in total. The zero-order chi connectivity index (χ0) is 23.0. The van der Waals surface area contributed by atoms with Gasteiger partial charge < -0.3 is 0 Å².